The van der Waals surface area contributed by atoms with Gasteiger partial charge in [0.25, 0.3) is 0 Å². The Morgan fingerprint density at radius 1 is 1.04 bits per heavy atom. The minimum atomic E-state index is 0.00830. The van der Waals surface area contributed by atoms with Gasteiger partial charge < -0.3 is 5.32 Å². The van der Waals surface area contributed by atoms with Gasteiger partial charge in [-0.15, -0.1) is 11.8 Å². The fourth-order valence-electron chi connectivity index (χ4n) is 3.73. The van der Waals surface area contributed by atoms with Crippen LogP contribution in [0.15, 0.2) is 24.3 Å². The standard InChI is InChI=1S/C15H20ClN5OS/c16-9-3-1-8(2-4-9)13-10(5-17-20-13)14-11-6-18-21-15(11)19-12(22)7-23-14/h1-4,10-11,13-15,17-18,20-21H,5-7H2,(H,19,22). The third-order valence-electron chi connectivity index (χ3n) is 4.84. The number of nitrogens with one attached hydrogen (secondary N) is 5. The number of hydrazine groups is 2. The second-order valence-electron chi connectivity index (χ2n) is 6.23. The molecule has 3 aliphatic heterocycles. The molecule has 0 bridgehead atoms. The summed E-state index contributed by atoms with van der Waals surface area (Å²) in [4.78, 5) is 11.9. The molecular formula is C15H20ClN5OS. The minimum absolute atomic E-state index is 0.00830. The molecule has 5 N–H and O–H groups in total. The van der Waals surface area contributed by atoms with Gasteiger partial charge in [-0.2, -0.15) is 0 Å². The average Bonchev–Trinajstić information content (AvgIpc) is 3.16. The van der Waals surface area contributed by atoms with E-state index in [1.165, 1.54) is 5.56 Å². The summed E-state index contributed by atoms with van der Waals surface area (Å²) in [7, 11) is 0. The summed E-state index contributed by atoms with van der Waals surface area (Å²) in [5, 5.41) is 4.19. The van der Waals surface area contributed by atoms with Gasteiger partial charge in [0.15, 0.2) is 0 Å². The Bertz CT molecular complexity index is 586. The fraction of sp³-hybridized carbons (Fsp3) is 0.533. The summed E-state index contributed by atoms with van der Waals surface area (Å²) in [6, 6.07) is 8.24. The lowest BCUT2D eigenvalue weighted by molar-refractivity contribution is -0.119. The van der Waals surface area contributed by atoms with Crippen LogP contribution >= 0.6 is 23.4 Å². The van der Waals surface area contributed by atoms with Crippen LogP contribution in [0.4, 0.5) is 0 Å². The molecule has 0 aliphatic carbocycles. The Kier molecular flexibility index (Phi) is 4.49. The summed E-state index contributed by atoms with van der Waals surface area (Å²) >= 11 is 7.78. The number of hydrogen-bond donors (Lipinski definition) is 5. The smallest absolute Gasteiger partial charge is 0.231 e. The van der Waals surface area contributed by atoms with Crippen molar-refractivity contribution in [3.8, 4) is 0 Å². The van der Waals surface area contributed by atoms with Crippen molar-refractivity contribution in [2.24, 2.45) is 11.8 Å². The normalized spacial score (nSPS) is 37.3. The number of amides is 1. The average molecular weight is 354 g/mol. The van der Waals surface area contributed by atoms with E-state index >= 15 is 0 Å². The monoisotopic (exact) mass is 353 g/mol. The largest absolute Gasteiger partial charge is 0.338 e. The number of hydrogen-bond acceptors (Lipinski definition) is 6. The summed E-state index contributed by atoms with van der Waals surface area (Å²) in [6.45, 7) is 1.76. The van der Waals surface area contributed by atoms with E-state index < -0.39 is 0 Å². The first kappa shape index (κ1) is 15.7. The summed E-state index contributed by atoms with van der Waals surface area (Å²) in [6.07, 6.45) is 0.00830. The Labute approximate surface area is 144 Å². The second kappa shape index (κ2) is 6.58. The summed E-state index contributed by atoms with van der Waals surface area (Å²) in [5.41, 5.74) is 14.3. The molecule has 0 spiro atoms. The van der Waals surface area contributed by atoms with Crippen molar-refractivity contribution < 1.29 is 4.79 Å². The molecule has 1 aromatic carbocycles. The first-order valence-electron chi connectivity index (χ1n) is 7.85. The molecule has 3 saturated heterocycles. The molecule has 5 unspecified atom stereocenters. The maximum absolute atomic E-state index is 11.9. The Morgan fingerprint density at radius 3 is 2.61 bits per heavy atom. The van der Waals surface area contributed by atoms with Gasteiger partial charge in [0.2, 0.25) is 5.91 Å². The van der Waals surface area contributed by atoms with Crippen LogP contribution in [0.5, 0.6) is 0 Å². The van der Waals surface area contributed by atoms with E-state index in [9.17, 15) is 4.79 Å². The van der Waals surface area contributed by atoms with E-state index in [0.717, 1.165) is 18.1 Å². The number of benzene rings is 1. The van der Waals surface area contributed by atoms with Gasteiger partial charge >= 0.3 is 0 Å². The SMILES string of the molecule is O=C1CSC(C2CNNC2c2ccc(Cl)cc2)C2CNNC2N1. The van der Waals surface area contributed by atoms with Gasteiger partial charge in [-0.1, -0.05) is 23.7 Å². The highest BCUT2D eigenvalue weighted by molar-refractivity contribution is 8.00. The van der Waals surface area contributed by atoms with Crippen LogP contribution in [-0.4, -0.2) is 36.2 Å². The molecule has 3 aliphatic rings. The zero-order valence-electron chi connectivity index (χ0n) is 12.5. The third-order valence-corrected chi connectivity index (χ3v) is 6.61. The molecule has 0 aromatic heterocycles. The zero-order chi connectivity index (χ0) is 15.8. The van der Waals surface area contributed by atoms with Crippen molar-refractivity contribution in [3.63, 3.8) is 0 Å². The van der Waals surface area contributed by atoms with Gasteiger partial charge in [-0.25, -0.2) is 10.9 Å². The molecule has 5 atom stereocenters. The van der Waals surface area contributed by atoms with Crippen LogP contribution in [0.1, 0.15) is 11.6 Å². The lowest BCUT2D eigenvalue weighted by atomic mass is 9.85. The summed E-state index contributed by atoms with van der Waals surface area (Å²) in [5.74, 6) is 1.39. The molecule has 4 rings (SSSR count). The lowest BCUT2D eigenvalue weighted by Crippen LogP contribution is -2.48. The van der Waals surface area contributed by atoms with Crippen LogP contribution in [0.25, 0.3) is 0 Å². The van der Waals surface area contributed by atoms with Crippen LogP contribution in [0.2, 0.25) is 5.02 Å². The number of rotatable bonds is 2. The highest BCUT2D eigenvalue weighted by Gasteiger charge is 2.45. The molecule has 3 fully saturated rings. The highest BCUT2D eigenvalue weighted by atomic mass is 35.5. The molecule has 1 amide bonds. The molecule has 6 nitrogen and oxygen atoms in total. The van der Waals surface area contributed by atoms with Gasteiger partial charge in [0.05, 0.1) is 18.0 Å². The Hall–Kier alpha value is -0.830. The molecule has 0 saturated carbocycles. The van der Waals surface area contributed by atoms with E-state index in [2.05, 4.69) is 39.2 Å². The van der Waals surface area contributed by atoms with Crippen LogP contribution in [-0.2, 0) is 4.79 Å². The van der Waals surface area contributed by atoms with Gasteiger partial charge in [-0.3, -0.25) is 15.6 Å². The maximum Gasteiger partial charge on any atom is 0.231 e. The molecule has 23 heavy (non-hydrogen) atoms. The number of carbonyl (C=O) groups is 1. The van der Waals surface area contributed by atoms with Crippen molar-refractivity contribution in [1.29, 1.82) is 0 Å². The molecule has 0 radical (unpaired) electrons. The summed E-state index contributed by atoms with van der Waals surface area (Å²) < 4.78 is 0. The highest BCUT2D eigenvalue weighted by Crippen LogP contribution is 2.39. The van der Waals surface area contributed by atoms with Crippen molar-refractivity contribution in [3.05, 3.63) is 34.9 Å². The van der Waals surface area contributed by atoms with Crippen molar-refractivity contribution >= 4 is 29.3 Å². The quantitative estimate of drug-likeness (QED) is 0.529. The predicted molar refractivity (Wildman–Crippen MR) is 91.6 cm³/mol. The van der Waals surface area contributed by atoms with Gasteiger partial charge in [0, 0.05) is 35.2 Å². The van der Waals surface area contributed by atoms with E-state index in [4.69, 9.17) is 11.6 Å². The van der Waals surface area contributed by atoms with Crippen molar-refractivity contribution in [1.82, 2.24) is 27.0 Å². The minimum Gasteiger partial charge on any atom is -0.338 e. The molecular weight excluding hydrogens is 334 g/mol. The second-order valence-corrected chi connectivity index (χ2v) is 7.83. The topological polar surface area (TPSA) is 77.2 Å². The fourth-order valence-corrected chi connectivity index (χ4v) is 5.28. The number of carbonyl (C=O) groups excluding carboxylic acids is 1. The van der Waals surface area contributed by atoms with Crippen LogP contribution < -0.4 is 27.0 Å². The molecule has 8 heteroatoms. The Morgan fingerprint density at radius 2 is 1.78 bits per heavy atom. The van der Waals surface area contributed by atoms with E-state index in [0.29, 0.717) is 22.8 Å². The molecule has 1 aromatic rings. The van der Waals surface area contributed by atoms with E-state index in [-0.39, 0.29) is 18.1 Å². The van der Waals surface area contributed by atoms with Crippen LogP contribution in [0, 0.1) is 11.8 Å². The van der Waals surface area contributed by atoms with Crippen molar-refractivity contribution in [2.45, 2.75) is 17.5 Å². The van der Waals surface area contributed by atoms with E-state index in [1.807, 2.05) is 12.1 Å². The molecule has 124 valence electrons. The van der Waals surface area contributed by atoms with Gasteiger partial charge in [-0.05, 0) is 17.7 Å². The maximum atomic E-state index is 11.9. The van der Waals surface area contributed by atoms with Gasteiger partial charge in [0.1, 0.15) is 0 Å². The lowest BCUT2D eigenvalue weighted by Gasteiger charge is -2.31. The number of halogens is 1. The van der Waals surface area contributed by atoms with E-state index in [1.54, 1.807) is 11.8 Å². The molecule has 3 heterocycles. The Balaban J connectivity index is 1.59. The first-order valence-corrected chi connectivity index (χ1v) is 9.28. The predicted octanol–water partition coefficient (Wildman–Crippen LogP) is 0.387. The van der Waals surface area contributed by atoms with Crippen LogP contribution in [0.3, 0.4) is 0 Å². The number of thioether (sulfide) groups is 1. The third kappa shape index (κ3) is 3.09. The first-order chi connectivity index (χ1) is 11.2. The number of fused-ring (bicyclic) bond motifs is 1. The zero-order valence-corrected chi connectivity index (χ0v) is 14.1. The van der Waals surface area contributed by atoms with Crippen molar-refractivity contribution in [2.75, 3.05) is 18.8 Å².